The van der Waals surface area contributed by atoms with Crippen molar-refractivity contribution in [2.24, 2.45) is 0 Å². The van der Waals surface area contributed by atoms with E-state index in [0.29, 0.717) is 26.2 Å². The molecule has 1 aromatic carbocycles. The molecule has 2 aromatic rings. The summed E-state index contributed by atoms with van der Waals surface area (Å²) in [5.41, 5.74) is 3.02. The van der Waals surface area contributed by atoms with Gasteiger partial charge in [0, 0.05) is 38.9 Å². The molecule has 0 unspecified atom stereocenters. The van der Waals surface area contributed by atoms with E-state index in [1.165, 1.54) is 0 Å². The number of aromatic nitrogens is 2. The second-order valence-corrected chi connectivity index (χ2v) is 7.01. The van der Waals surface area contributed by atoms with Crippen LogP contribution in [0.25, 0.3) is 0 Å². The zero-order valence-electron chi connectivity index (χ0n) is 16.2. The predicted octanol–water partition coefficient (Wildman–Crippen LogP) is 0.959. The lowest BCUT2D eigenvalue weighted by atomic mass is 10.1. The molecule has 0 spiro atoms. The predicted molar refractivity (Wildman–Crippen MR) is 103 cm³/mol. The van der Waals surface area contributed by atoms with Crippen molar-refractivity contribution in [1.29, 1.82) is 0 Å². The molecule has 1 N–H and O–H groups in total. The number of amides is 2. The molecular formula is C20H27N5O2. The zero-order valence-corrected chi connectivity index (χ0v) is 16.2. The summed E-state index contributed by atoms with van der Waals surface area (Å²) in [6.07, 6.45) is 0. The average molecular weight is 369 g/mol. The van der Waals surface area contributed by atoms with Crippen LogP contribution >= 0.6 is 0 Å². The van der Waals surface area contributed by atoms with Crippen molar-refractivity contribution in [2.45, 2.75) is 33.0 Å². The molecule has 3 rings (SSSR count). The van der Waals surface area contributed by atoms with Gasteiger partial charge in [-0.2, -0.15) is 5.10 Å². The molecule has 1 atom stereocenters. The smallest absolute Gasteiger partial charge is 0.244 e. The van der Waals surface area contributed by atoms with E-state index in [2.05, 4.69) is 27.4 Å². The molecule has 27 heavy (non-hydrogen) atoms. The molecule has 2 amide bonds. The first-order chi connectivity index (χ1) is 13.0. The number of nitrogens with one attached hydrogen (secondary N) is 1. The Labute approximate surface area is 159 Å². The monoisotopic (exact) mass is 369 g/mol. The van der Waals surface area contributed by atoms with Crippen LogP contribution in [0.1, 0.15) is 17.0 Å². The van der Waals surface area contributed by atoms with Crippen molar-refractivity contribution in [3.05, 3.63) is 53.3 Å². The van der Waals surface area contributed by atoms with Crippen LogP contribution in [-0.2, 0) is 22.7 Å². The van der Waals surface area contributed by atoms with Crippen molar-refractivity contribution >= 4 is 11.8 Å². The van der Waals surface area contributed by atoms with Crippen molar-refractivity contribution in [3.8, 4) is 0 Å². The highest BCUT2D eigenvalue weighted by atomic mass is 16.2. The van der Waals surface area contributed by atoms with Gasteiger partial charge in [-0.15, -0.1) is 0 Å². The van der Waals surface area contributed by atoms with E-state index in [-0.39, 0.29) is 24.4 Å². The van der Waals surface area contributed by atoms with Gasteiger partial charge in [-0.1, -0.05) is 30.3 Å². The minimum Gasteiger partial charge on any atom is -0.358 e. The molecule has 0 bridgehead atoms. The van der Waals surface area contributed by atoms with E-state index >= 15 is 0 Å². The summed E-state index contributed by atoms with van der Waals surface area (Å²) in [6.45, 7) is 6.42. The van der Waals surface area contributed by atoms with Gasteiger partial charge in [0.15, 0.2) is 0 Å². The third-order valence-electron chi connectivity index (χ3n) is 5.01. The van der Waals surface area contributed by atoms with Gasteiger partial charge in [-0.25, -0.2) is 0 Å². The maximum Gasteiger partial charge on any atom is 0.244 e. The van der Waals surface area contributed by atoms with Gasteiger partial charge in [0.05, 0.1) is 5.69 Å². The number of nitrogens with zero attached hydrogens (tertiary/aromatic N) is 4. The van der Waals surface area contributed by atoms with E-state index in [4.69, 9.17) is 0 Å². The Kier molecular flexibility index (Phi) is 5.91. The number of rotatable bonds is 5. The van der Waals surface area contributed by atoms with Crippen LogP contribution in [-0.4, -0.2) is 64.1 Å². The van der Waals surface area contributed by atoms with Crippen molar-refractivity contribution in [2.75, 3.05) is 26.7 Å². The summed E-state index contributed by atoms with van der Waals surface area (Å²) < 4.78 is 1.73. The molecule has 2 heterocycles. The average Bonchev–Trinajstić information content (AvgIpc) is 2.99. The zero-order chi connectivity index (χ0) is 19.4. The number of benzene rings is 1. The first-order valence-electron chi connectivity index (χ1n) is 9.26. The van der Waals surface area contributed by atoms with E-state index in [1.54, 1.807) is 16.6 Å². The van der Waals surface area contributed by atoms with Gasteiger partial charge in [0.2, 0.25) is 11.8 Å². The second-order valence-electron chi connectivity index (χ2n) is 7.01. The van der Waals surface area contributed by atoms with Crippen molar-refractivity contribution < 1.29 is 9.59 Å². The minimum atomic E-state index is -0.353. The summed E-state index contributed by atoms with van der Waals surface area (Å²) in [5.74, 6) is -0.0657. The maximum absolute atomic E-state index is 12.8. The standard InChI is InChI=1S/C20H27N5O2/c1-15-11-16(2)25(22-15)14-19(26)24-10-9-23(18(13-24)20(27)21-3)12-17-7-5-4-6-8-17/h4-8,11,18H,9-10,12-14H2,1-3H3,(H,21,27)/t18-/m0/s1. The topological polar surface area (TPSA) is 70.5 Å². The van der Waals surface area contributed by atoms with Crippen LogP contribution < -0.4 is 5.32 Å². The summed E-state index contributed by atoms with van der Waals surface area (Å²) in [5, 5.41) is 7.10. The number of aryl methyl sites for hydroxylation is 2. The molecule has 7 heteroatoms. The Bertz CT molecular complexity index is 802. The number of hydrogen-bond acceptors (Lipinski definition) is 4. The lowest BCUT2D eigenvalue weighted by molar-refractivity contribution is -0.139. The third kappa shape index (κ3) is 4.54. The SMILES string of the molecule is CNC(=O)[C@@H]1CN(C(=O)Cn2nc(C)cc2C)CCN1Cc1ccccc1. The lowest BCUT2D eigenvalue weighted by Crippen LogP contribution is -2.59. The Morgan fingerprint density at radius 1 is 1.19 bits per heavy atom. The molecule has 1 aliphatic heterocycles. The van der Waals surface area contributed by atoms with Gasteiger partial charge in [-0.3, -0.25) is 19.2 Å². The molecule has 144 valence electrons. The Morgan fingerprint density at radius 2 is 1.93 bits per heavy atom. The molecule has 1 aromatic heterocycles. The normalized spacial score (nSPS) is 17.7. The van der Waals surface area contributed by atoms with E-state index in [0.717, 1.165) is 17.0 Å². The molecule has 1 saturated heterocycles. The summed E-state index contributed by atoms with van der Waals surface area (Å²) in [6, 6.07) is 11.7. The van der Waals surface area contributed by atoms with Crippen LogP contribution in [0.4, 0.5) is 0 Å². The number of piperazine rings is 1. The fraction of sp³-hybridized carbons (Fsp3) is 0.450. The van der Waals surface area contributed by atoms with Crippen LogP contribution in [0.3, 0.4) is 0 Å². The molecule has 0 saturated carbocycles. The largest absolute Gasteiger partial charge is 0.358 e. The summed E-state index contributed by atoms with van der Waals surface area (Å²) in [7, 11) is 1.64. The Hall–Kier alpha value is -2.67. The van der Waals surface area contributed by atoms with Crippen LogP contribution in [0, 0.1) is 13.8 Å². The van der Waals surface area contributed by atoms with Gasteiger partial charge in [0.1, 0.15) is 12.6 Å². The van der Waals surface area contributed by atoms with Crippen molar-refractivity contribution in [1.82, 2.24) is 24.9 Å². The van der Waals surface area contributed by atoms with Gasteiger partial charge in [0.25, 0.3) is 0 Å². The number of carbonyl (C=O) groups excluding carboxylic acids is 2. The number of hydrogen-bond donors (Lipinski definition) is 1. The third-order valence-corrected chi connectivity index (χ3v) is 5.01. The van der Waals surface area contributed by atoms with Crippen molar-refractivity contribution in [3.63, 3.8) is 0 Å². The van der Waals surface area contributed by atoms with E-state index < -0.39 is 0 Å². The highest BCUT2D eigenvalue weighted by Crippen LogP contribution is 2.15. The molecule has 1 aliphatic rings. The molecule has 0 aliphatic carbocycles. The Balaban J connectivity index is 1.69. The fourth-order valence-electron chi connectivity index (χ4n) is 3.53. The molecule has 7 nitrogen and oxygen atoms in total. The fourth-order valence-corrected chi connectivity index (χ4v) is 3.53. The highest BCUT2D eigenvalue weighted by molar-refractivity contribution is 5.83. The highest BCUT2D eigenvalue weighted by Gasteiger charge is 2.33. The second kappa shape index (κ2) is 8.35. The van der Waals surface area contributed by atoms with Crippen LogP contribution in [0.2, 0.25) is 0 Å². The van der Waals surface area contributed by atoms with Gasteiger partial charge in [-0.05, 0) is 25.5 Å². The minimum absolute atomic E-state index is 0.00513. The number of carbonyl (C=O) groups is 2. The maximum atomic E-state index is 12.8. The van der Waals surface area contributed by atoms with E-state index in [1.807, 2.05) is 38.1 Å². The lowest BCUT2D eigenvalue weighted by Gasteiger charge is -2.40. The molecule has 1 fully saturated rings. The van der Waals surface area contributed by atoms with Crippen LogP contribution in [0.5, 0.6) is 0 Å². The molecule has 0 radical (unpaired) electrons. The quantitative estimate of drug-likeness (QED) is 0.852. The summed E-state index contributed by atoms with van der Waals surface area (Å²) in [4.78, 5) is 29.1. The van der Waals surface area contributed by atoms with Crippen LogP contribution in [0.15, 0.2) is 36.4 Å². The van der Waals surface area contributed by atoms with E-state index in [9.17, 15) is 9.59 Å². The first kappa shape index (κ1) is 19.1. The van der Waals surface area contributed by atoms with Gasteiger partial charge < -0.3 is 10.2 Å². The van der Waals surface area contributed by atoms with Gasteiger partial charge >= 0.3 is 0 Å². The molecular weight excluding hydrogens is 342 g/mol. The number of likely N-dealkylation sites (N-methyl/N-ethyl adjacent to an activating group) is 1. The Morgan fingerprint density at radius 3 is 2.56 bits per heavy atom. The first-order valence-corrected chi connectivity index (χ1v) is 9.26. The summed E-state index contributed by atoms with van der Waals surface area (Å²) >= 11 is 0.